The first-order valence-electron chi connectivity index (χ1n) is 11.2. The van der Waals surface area contributed by atoms with Crippen molar-refractivity contribution in [2.24, 2.45) is 0 Å². The normalized spacial score (nSPS) is 24.0. The topological polar surface area (TPSA) is 20.2 Å². The van der Waals surface area contributed by atoms with Gasteiger partial charge in [0, 0.05) is 5.57 Å². The highest BCUT2D eigenvalue weighted by Crippen LogP contribution is 2.58. The van der Waals surface area contributed by atoms with E-state index >= 15 is 0 Å². The average molecular weight is 427 g/mol. The first-order valence-corrected chi connectivity index (χ1v) is 11.2. The molecule has 33 heavy (non-hydrogen) atoms. The molecule has 3 aromatic carbocycles. The van der Waals surface area contributed by atoms with E-state index in [4.69, 9.17) is 0 Å². The number of hydrogen-bond donors (Lipinski definition) is 1. The van der Waals surface area contributed by atoms with Crippen molar-refractivity contribution in [3.8, 4) is 22.3 Å². The molecule has 0 bridgehead atoms. The van der Waals surface area contributed by atoms with Crippen LogP contribution in [0.3, 0.4) is 0 Å². The lowest BCUT2D eigenvalue weighted by molar-refractivity contribution is 0.460. The second-order valence-corrected chi connectivity index (χ2v) is 8.50. The van der Waals surface area contributed by atoms with E-state index in [2.05, 4.69) is 92.9 Å². The molecular weight excluding hydrogens is 400 g/mol. The minimum absolute atomic E-state index is 0.682. The predicted molar refractivity (Wildman–Crippen MR) is 139 cm³/mol. The molecule has 3 aromatic rings. The third kappa shape index (κ3) is 3.01. The largest absolute Gasteiger partial charge is 0.515 e. The number of rotatable bonds is 3. The summed E-state index contributed by atoms with van der Waals surface area (Å²) < 4.78 is 0. The van der Waals surface area contributed by atoms with E-state index < -0.39 is 5.41 Å². The maximum absolute atomic E-state index is 10.5. The van der Waals surface area contributed by atoms with E-state index in [9.17, 15) is 5.11 Å². The maximum atomic E-state index is 10.5. The molecule has 0 amide bonds. The molecule has 1 atom stereocenters. The van der Waals surface area contributed by atoms with Crippen LogP contribution in [0.2, 0.25) is 0 Å². The van der Waals surface area contributed by atoms with Crippen LogP contribution in [0.1, 0.15) is 16.7 Å². The molecule has 0 saturated carbocycles. The first-order chi connectivity index (χ1) is 16.1. The highest BCUT2D eigenvalue weighted by atomic mass is 16.2. The molecule has 1 heteroatoms. The van der Waals surface area contributed by atoms with Gasteiger partial charge < -0.3 is 5.11 Å². The molecular formula is C32H26O. The molecule has 2 aliphatic carbocycles. The molecule has 160 valence electrons. The van der Waals surface area contributed by atoms with Crippen molar-refractivity contribution in [2.75, 3.05) is 0 Å². The van der Waals surface area contributed by atoms with Gasteiger partial charge in [0.25, 0.3) is 0 Å². The van der Waals surface area contributed by atoms with E-state index in [1.54, 1.807) is 0 Å². The van der Waals surface area contributed by atoms with E-state index in [0.717, 1.165) is 27.8 Å². The van der Waals surface area contributed by atoms with Crippen LogP contribution in [0.15, 0.2) is 139 Å². The Labute approximate surface area is 195 Å². The highest BCUT2D eigenvalue weighted by molar-refractivity contribution is 5.90. The molecule has 1 unspecified atom stereocenters. The Morgan fingerprint density at radius 2 is 1.45 bits per heavy atom. The monoisotopic (exact) mass is 426 g/mol. The van der Waals surface area contributed by atoms with Crippen molar-refractivity contribution in [1.29, 1.82) is 0 Å². The smallest absolute Gasteiger partial charge is 0.0839 e. The van der Waals surface area contributed by atoms with Crippen molar-refractivity contribution in [3.63, 3.8) is 0 Å². The summed E-state index contributed by atoms with van der Waals surface area (Å²) in [5.74, 6) is 0. The summed E-state index contributed by atoms with van der Waals surface area (Å²) in [5, 5.41) is 10.5. The SMILES string of the molecule is C=CC1=C(/C=C)C2(C(=C\O)/C=C\C=C/1)c1ccccc1-c1cc(-c3ccc(C)cc3)ccc12. The highest BCUT2D eigenvalue weighted by Gasteiger charge is 2.48. The fourth-order valence-corrected chi connectivity index (χ4v) is 5.30. The molecule has 0 aliphatic heterocycles. The predicted octanol–water partition coefficient (Wildman–Crippen LogP) is 8.17. The second kappa shape index (κ2) is 8.11. The number of benzene rings is 3. The van der Waals surface area contributed by atoms with Crippen molar-refractivity contribution >= 4 is 0 Å². The summed E-state index contributed by atoms with van der Waals surface area (Å²) in [6.45, 7) is 10.4. The van der Waals surface area contributed by atoms with E-state index in [1.165, 1.54) is 34.1 Å². The van der Waals surface area contributed by atoms with E-state index in [-0.39, 0.29) is 0 Å². The van der Waals surface area contributed by atoms with Crippen LogP contribution in [0.4, 0.5) is 0 Å². The van der Waals surface area contributed by atoms with Crippen LogP contribution in [0.5, 0.6) is 0 Å². The van der Waals surface area contributed by atoms with Crippen molar-refractivity contribution in [1.82, 2.24) is 0 Å². The van der Waals surface area contributed by atoms with Crippen LogP contribution in [-0.4, -0.2) is 5.11 Å². The second-order valence-electron chi connectivity index (χ2n) is 8.50. The van der Waals surface area contributed by atoms with Crippen molar-refractivity contribution in [3.05, 3.63) is 156 Å². The third-order valence-electron chi connectivity index (χ3n) is 6.80. The minimum Gasteiger partial charge on any atom is -0.515 e. The quantitative estimate of drug-likeness (QED) is 0.419. The number of fused-ring (bicyclic) bond motifs is 5. The number of hydrogen-bond acceptors (Lipinski definition) is 1. The van der Waals surface area contributed by atoms with Crippen molar-refractivity contribution < 1.29 is 5.11 Å². The van der Waals surface area contributed by atoms with Gasteiger partial charge in [-0.05, 0) is 57.5 Å². The Morgan fingerprint density at radius 1 is 0.758 bits per heavy atom. The summed E-state index contributed by atoms with van der Waals surface area (Å²) in [7, 11) is 0. The van der Waals surface area contributed by atoms with Gasteiger partial charge in [-0.3, -0.25) is 0 Å². The Kier molecular flexibility index (Phi) is 5.11. The summed E-state index contributed by atoms with van der Waals surface area (Å²) in [6, 6.07) is 23.8. The fourth-order valence-electron chi connectivity index (χ4n) is 5.30. The number of allylic oxidation sites excluding steroid dienone is 9. The molecule has 1 nitrogen and oxygen atoms in total. The van der Waals surface area contributed by atoms with Crippen LogP contribution >= 0.6 is 0 Å². The zero-order chi connectivity index (χ0) is 23.0. The van der Waals surface area contributed by atoms with Crippen LogP contribution < -0.4 is 0 Å². The average Bonchev–Trinajstić information content (AvgIpc) is 3.13. The van der Waals surface area contributed by atoms with Gasteiger partial charge in [0.05, 0.1) is 11.7 Å². The van der Waals surface area contributed by atoms with Gasteiger partial charge in [-0.2, -0.15) is 0 Å². The van der Waals surface area contributed by atoms with E-state index in [1.807, 2.05) is 30.4 Å². The van der Waals surface area contributed by atoms with Gasteiger partial charge in [0.1, 0.15) is 0 Å². The summed E-state index contributed by atoms with van der Waals surface area (Å²) in [4.78, 5) is 0. The lowest BCUT2D eigenvalue weighted by Crippen LogP contribution is -2.30. The van der Waals surface area contributed by atoms with Crippen LogP contribution in [0.25, 0.3) is 22.3 Å². The molecule has 0 aromatic heterocycles. The molecule has 0 fully saturated rings. The lowest BCUT2D eigenvalue weighted by atomic mass is 9.65. The molecule has 0 heterocycles. The van der Waals surface area contributed by atoms with Gasteiger partial charge in [-0.15, -0.1) is 0 Å². The molecule has 0 radical (unpaired) electrons. The number of aryl methyl sites for hydroxylation is 1. The third-order valence-corrected chi connectivity index (χ3v) is 6.80. The zero-order valence-electron chi connectivity index (χ0n) is 18.8. The number of aliphatic hydroxyl groups excluding tert-OH is 1. The maximum Gasteiger partial charge on any atom is 0.0839 e. The Hall–Kier alpha value is -4.10. The lowest BCUT2D eigenvalue weighted by Gasteiger charge is -2.36. The summed E-state index contributed by atoms with van der Waals surface area (Å²) >= 11 is 0. The molecule has 0 saturated heterocycles. The van der Waals surface area contributed by atoms with Gasteiger partial charge in [0.15, 0.2) is 0 Å². The van der Waals surface area contributed by atoms with Crippen molar-refractivity contribution in [2.45, 2.75) is 12.3 Å². The van der Waals surface area contributed by atoms with Gasteiger partial charge in [0.2, 0.25) is 0 Å². The molecule has 2 aliphatic rings. The Bertz CT molecular complexity index is 1390. The summed E-state index contributed by atoms with van der Waals surface area (Å²) in [6.07, 6.45) is 13.0. The molecule has 5 rings (SSSR count). The van der Waals surface area contributed by atoms with Crippen LogP contribution in [0, 0.1) is 6.92 Å². The van der Waals surface area contributed by atoms with Gasteiger partial charge in [-0.1, -0.05) is 116 Å². The first kappa shape index (κ1) is 20.8. The fraction of sp³-hybridized carbons (Fsp3) is 0.0625. The van der Waals surface area contributed by atoms with Gasteiger partial charge >= 0.3 is 0 Å². The molecule has 1 spiro atoms. The van der Waals surface area contributed by atoms with Gasteiger partial charge in [-0.25, -0.2) is 0 Å². The molecule has 1 N–H and O–H groups in total. The number of aliphatic hydroxyl groups is 1. The van der Waals surface area contributed by atoms with E-state index in [0.29, 0.717) is 0 Å². The standard InChI is InChI=1S/C32H26O/c1-4-23-10-6-7-11-26(21-33)32(29(23)5-2)30-13-9-8-12-27(30)28-20-25(18-19-31(28)32)24-16-14-22(3)15-17-24/h4-21,33H,1-2H2,3H3/b10-6-,11-7-,26-21-,29-23-. The Balaban J connectivity index is 1.90. The zero-order valence-corrected chi connectivity index (χ0v) is 18.8. The summed E-state index contributed by atoms with van der Waals surface area (Å²) in [5.41, 5.74) is 10.3. The Morgan fingerprint density at radius 3 is 2.18 bits per heavy atom. The van der Waals surface area contributed by atoms with Crippen LogP contribution in [-0.2, 0) is 5.41 Å². The minimum atomic E-state index is -0.682.